The third-order valence-electron chi connectivity index (χ3n) is 6.20. The SMILES string of the molecule is COC(=O)c1ccc(NC(=O)c2cccc(-c3cc(Nc4ccc(OC)c(OC)n4)c4ncnn4c3)c2)cc1OC. The average Bonchev–Trinajstić information content (AvgIpc) is 3.50. The number of amides is 1. The third-order valence-corrected chi connectivity index (χ3v) is 6.20. The van der Waals surface area contributed by atoms with Crippen molar-refractivity contribution in [2.45, 2.75) is 0 Å². The molecule has 0 aliphatic heterocycles. The molecule has 0 saturated carbocycles. The predicted octanol–water partition coefficient (Wildman–Crippen LogP) is 4.60. The number of carbonyl (C=O) groups is 2. The Balaban J connectivity index is 1.43. The first-order chi connectivity index (χ1) is 19.9. The van der Waals surface area contributed by atoms with Crippen LogP contribution in [-0.4, -0.2) is 59.9 Å². The largest absolute Gasteiger partial charge is 0.496 e. The molecule has 2 N–H and O–H groups in total. The Labute approximate surface area is 234 Å². The van der Waals surface area contributed by atoms with Crippen LogP contribution in [0.4, 0.5) is 17.2 Å². The van der Waals surface area contributed by atoms with Gasteiger partial charge in [0.15, 0.2) is 11.4 Å². The van der Waals surface area contributed by atoms with Crippen molar-refractivity contribution >= 4 is 34.7 Å². The highest BCUT2D eigenvalue weighted by atomic mass is 16.5. The molecule has 0 atom stereocenters. The minimum atomic E-state index is -0.535. The van der Waals surface area contributed by atoms with Gasteiger partial charge in [-0.2, -0.15) is 10.1 Å². The molecule has 0 spiro atoms. The van der Waals surface area contributed by atoms with E-state index in [1.54, 1.807) is 54.1 Å². The lowest BCUT2D eigenvalue weighted by Crippen LogP contribution is -2.12. The summed E-state index contributed by atoms with van der Waals surface area (Å²) in [5, 5.41) is 10.4. The number of aromatic nitrogens is 4. The summed E-state index contributed by atoms with van der Waals surface area (Å²) in [5.74, 6) is 0.775. The van der Waals surface area contributed by atoms with Crippen LogP contribution in [0.1, 0.15) is 20.7 Å². The minimum Gasteiger partial charge on any atom is -0.496 e. The fraction of sp³-hybridized carbons (Fsp3) is 0.138. The van der Waals surface area contributed by atoms with Crippen LogP contribution in [0.5, 0.6) is 17.4 Å². The van der Waals surface area contributed by atoms with Crippen LogP contribution in [-0.2, 0) is 4.74 Å². The maximum atomic E-state index is 13.2. The number of hydrogen-bond donors (Lipinski definition) is 2. The van der Waals surface area contributed by atoms with E-state index in [9.17, 15) is 9.59 Å². The zero-order chi connectivity index (χ0) is 28.9. The van der Waals surface area contributed by atoms with Gasteiger partial charge in [-0.05, 0) is 48.0 Å². The average molecular weight is 555 g/mol. The molecular formula is C29H26N6O6. The van der Waals surface area contributed by atoms with Gasteiger partial charge in [0, 0.05) is 29.1 Å². The number of ether oxygens (including phenoxy) is 4. The third kappa shape index (κ3) is 5.57. The molecule has 0 radical (unpaired) electrons. The van der Waals surface area contributed by atoms with Gasteiger partial charge in [0.1, 0.15) is 23.5 Å². The van der Waals surface area contributed by atoms with E-state index in [-0.39, 0.29) is 17.2 Å². The van der Waals surface area contributed by atoms with Gasteiger partial charge in [-0.15, -0.1) is 0 Å². The van der Waals surface area contributed by atoms with Crippen LogP contribution in [0.2, 0.25) is 0 Å². The zero-order valence-corrected chi connectivity index (χ0v) is 22.7. The summed E-state index contributed by atoms with van der Waals surface area (Å²) in [4.78, 5) is 33.9. The van der Waals surface area contributed by atoms with Crippen LogP contribution in [0.3, 0.4) is 0 Å². The number of nitrogens with zero attached hydrogens (tertiary/aromatic N) is 4. The molecule has 41 heavy (non-hydrogen) atoms. The fourth-order valence-electron chi connectivity index (χ4n) is 4.20. The number of nitrogens with one attached hydrogen (secondary N) is 2. The number of carbonyl (C=O) groups excluding carboxylic acids is 2. The summed E-state index contributed by atoms with van der Waals surface area (Å²) in [5.41, 5.74) is 3.93. The molecule has 0 saturated heterocycles. The van der Waals surface area contributed by atoms with Crippen molar-refractivity contribution in [1.29, 1.82) is 0 Å². The van der Waals surface area contributed by atoms with Crippen molar-refractivity contribution in [2.75, 3.05) is 39.1 Å². The summed E-state index contributed by atoms with van der Waals surface area (Å²) in [6.45, 7) is 0. The number of fused-ring (bicyclic) bond motifs is 1. The first kappa shape index (κ1) is 26.9. The lowest BCUT2D eigenvalue weighted by atomic mass is 10.0. The Hall–Kier alpha value is -5.65. The second kappa shape index (κ2) is 11.6. The van der Waals surface area contributed by atoms with Crippen LogP contribution in [0.15, 0.2) is 73.2 Å². The Morgan fingerprint density at radius 1 is 0.854 bits per heavy atom. The first-order valence-electron chi connectivity index (χ1n) is 12.3. The summed E-state index contributed by atoms with van der Waals surface area (Å²) in [6, 6.07) is 17.3. The molecule has 1 amide bonds. The van der Waals surface area contributed by atoms with E-state index in [0.717, 1.165) is 11.1 Å². The summed E-state index contributed by atoms with van der Waals surface area (Å²) in [6.07, 6.45) is 3.28. The van der Waals surface area contributed by atoms with E-state index in [4.69, 9.17) is 18.9 Å². The Bertz CT molecular complexity index is 1750. The Morgan fingerprint density at radius 3 is 2.44 bits per heavy atom. The van der Waals surface area contributed by atoms with Gasteiger partial charge in [-0.1, -0.05) is 12.1 Å². The van der Waals surface area contributed by atoms with E-state index in [1.165, 1.54) is 33.7 Å². The molecule has 5 rings (SSSR count). The molecule has 0 aliphatic rings. The standard InChI is InChI=1S/C29H26N6O6/c1-38-23-10-11-25(34-28(23)40-3)33-22-13-19(15-35-26(22)30-16-31-35)17-6-5-7-18(12-17)27(36)32-20-8-9-21(29(37)41-4)24(14-20)39-2/h5-16H,1-4H3,(H,32,36)(H,33,34). The van der Waals surface area contributed by atoms with E-state index >= 15 is 0 Å². The monoisotopic (exact) mass is 554 g/mol. The molecule has 5 aromatic rings. The molecule has 0 aliphatic carbocycles. The van der Waals surface area contributed by atoms with Crippen molar-refractivity contribution in [1.82, 2.24) is 19.6 Å². The molecule has 0 bridgehead atoms. The minimum absolute atomic E-state index is 0.256. The second-order valence-electron chi connectivity index (χ2n) is 8.65. The molecule has 3 heterocycles. The fourth-order valence-corrected chi connectivity index (χ4v) is 4.20. The van der Waals surface area contributed by atoms with E-state index in [1.807, 2.05) is 18.3 Å². The second-order valence-corrected chi connectivity index (χ2v) is 8.65. The molecule has 0 fully saturated rings. The van der Waals surface area contributed by atoms with E-state index in [0.29, 0.717) is 40.0 Å². The quantitative estimate of drug-likeness (QED) is 0.249. The first-order valence-corrected chi connectivity index (χ1v) is 12.3. The van der Waals surface area contributed by atoms with Crippen molar-refractivity contribution in [3.05, 3.63) is 84.3 Å². The van der Waals surface area contributed by atoms with Gasteiger partial charge < -0.3 is 29.6 Å². The van der Waals surface area contributed by atoms with Crippen LogP contribution < -0.4 is 24.8 Å². The number of rotatable bonds is 9. The molecule has 0 unspecified atom stereocenters. The number of esters is 1. The lowest BCUT2D eigenvalue weighted by Gasteiger charge is -2.13. The van der Waals surface area contributed by atoms with Gasteiger partial charge in [-0.3, -0.25) is 4.79 Å². The molecule has 3 aromatic heterocycles. The smallest absolute Gasteiger partial charge is 0.341 e. The number of methoxy groups -OCH3 is 4. The van der Waals surface area contributed by atoms with Crippen molar-refractivity contribution in [3.63, 3.8) is 0 Å². The van der Waals surface area contributed by atoms with E-state index in [2.05, 4.69) is 25.7 Å². The van der Waals surface area contributed by atoms with Crippen molar-refractivity contribution in [2.24, 2.45) is 0 Å². The van der Waals surface area contributed by atoms with Crippen molar-refractivity contribution in [3.8, 4) is 28.5 Å². The van der Waals surface area contributed by atoms with Crippen molar-refractivity contribution < 1.29 is 28.5 Å². The maximum Gasteiger partial charge on any atom is 0.341 e. The zero-order valence-electron chi connectivity index (χ0n) is 22.7. The van der Waals surface area contributed by atoms with Crippen LogP contribution >= 0.6 is 0 Å². The Kier molecular flexibility index (Phi) is 7.63. The van der Waals surface area contributed by atoms with Gasteiger partial charge in [-0.25, -0.2) is 14.3 Å². The number of hydrogen-bond acceptors (Lipinski definition) is 10. The Morgan fingerprint density at radius 2 is 1.68 bits per heavy atom. The highest BCUT2D eigenvalue weighted by Crippen LogP contribution is 2.31. The van der Waals surface area contributed by atoms with Gasteiger partial charge >= 0.3 is 5.97 Å². The molecule has 12 heteroatoms. The summed E-state index contributed by atoms with van der Waals surface area (Å²) in [7, 11) is 5.79. The van der Waals surface area contributed by atoms with Gasteiger partial charge in [0.2, 0.25) is 0 Å². The van der Waals surface area contributed by atoms with E-state index < -0.39 is 5.97 Å². The molecule has 208 valence electrons. The number of benzene rings is 2. The van der Waals surface area contributed by atoms with Crippen LogP contribution in [0, 0.1) is 0 Å². The summed E-state index contributed by atoms with van der Waals surface area (Å²) >= 11 is 0. The molecular weight excluding hydrogens is 528 g/mol. The molecule has 12 nitrogen and oxygen atoms in total. The maximum absolute atomic E-state index is 13.2. The number of anilines is 3. The topological polar surface area (TPSA) is 138 Å². The number of pyridine rings is 2. The van der Waals surface area contributed by atoms with Crippen LogP contribution in [0.25, 0.3) is 16.8 Å². The van der Waals surface area contributed by atoms with Gasteiger partial charge in [0.05, 0.1) is 34.1 Å². The van der Waals surface area contributed by atoms with Gasteiger partial charge in [0.25, 0.3) is 11.8 Å². The molecule has 2 aromatic carbocycles. The highest BCUT2D eigenvalue weighted by Gasteiger charge is 2.16. The lowest BCUT2D eigenvalue weighted by molar-refractivity contribution is 0.0597. The summed E-state index contributed by atoms with van der Waals surface area (Å²) < 4.78 is 22.3. The normalized spacial score (nSPS) is 10.6. The predicted molar refractivity (Wildman–Crippen MR) is 151 cm³/mol. The highest BCUT2D eigenvalue weighted by molar-refractivity contribution is 6.05.